The molecule has 1 saturated heterocycles. The van der Waals surface area contributed by atoms with Crippen molar-refractivity contribution in [2.75, 3.05) is 12.0 Å². The Morgan fingerprint density at radius 1 is 1.19 bits per heavy atom. The van der Waals surface area contributed by atoms with Gasteiger partial charge in [0.25, 0.3) is 0 Å². The summed E-state index contributed by atoms with van der Waals surface area (Å²) in [6.07, 6.45) is 6.29. The molecule has 4 atom stereocenters. The van der Waals surface area contributed by atoms with Crippen molar-refractivity contribution in [3.05, 3.63) is 82.4 Å². The monoisotopic (exact) mass is 475 g/mol. The van der Waals surface area contributed by atoms with E-state index in [2.05, 4.69) is 49.8 Å². The summed E-state index contributed by atoms with van der Waals surface area (Å²) in [5.41, 5.74) is 1.78. The number of carbonyl (C=O) groups excluding carboxylic acids is 1. The van der Waals surface area contributed by atoms with E-state index >= 15 is 0 Å². The summed E-state index contributed by atoms with van der Waals surface area (Å²) in [5, 5.41) is 1.42. The fraction of sp³-hybridized carbons (Fsp3) is 0.423. The molecule has 2 aromatic carbocycles. The van der Waals surface area contributed by atoms with Crippen LogP contribution in [0.1, 0.15) is 56.2 Å². The van der Waals surface area contributed by atoms with E-state index in [0.29, 0.717) is 11.4 Å². The highest BCUT2D eigenvalue weighted by Gasteiger charge is 2.50. The van der Waals surface area contributed by atoms with Crippen molar-refractivity contribution in [3.63, 3.8) is 0 Å². The molecule has 1 heterocycles. The van der Waals surface area contributed by atoms with Gasteiger partial charge in [0.2, 0.25) is 5.91 Å². The lowest BCUT2D eigenvalue weighted by molar-refractivity contribution is -0.153. The lowest BCUT2D eigenvalue weighted by atomic mass is 9.67. The van der Waals surface area contributed by atoms with Gasteiger partial charge in [0.1, 0.15) is 0 Å². The minimum atomic E-state index is -0.497. The van der Waals surface area contributed by atoms with Crippen LogP contribution in [0.15, 0.2) is 61.2 Å². The van der Waals surface area contributed by atoms with Crippen LogP contribution in [0, 0.1) is 5.41 Å². The Kier molecular flexibility index (Phi) is 8.18. The molecule has 31 heavy (non-hydrogen) atoms. The zero-order valence-electron chi connectivity index (χ0n) is 18.5. The van der Waals surface area contributed by atoms with Crippen LogP contribution in [0.3, 0.4) is 0 Å². The van der Waals surface area contributed by atoms with Crippen LogP contribution in [0.5, 0.6) is 0 Å². The fourth-order valence-corrected chi connectivity index (χ4v) is 5.98. The van der Waals surface area contributed by atoms with Crippen LogP contribution < -0.4 is 0 Å². The Hall–Kier alpha value is -1.42. The predicted molar refractivity (Wildman–Crippen MR) is 135 cm³/mol. The highest BCUT2D eigenvalue weighted by atomic mass is 35.5. The summed E-state index contributed by atoms with van der Waals surface area (Å²) in [6.45, 7) is 8.21. The Labute approximate surface area is 201 Å². The van der Waals surface area contributed by atoms with Crippen molar-refractivity contribution in [1.29, 1.82) is 0 Å². The summed E-state index contributed by atoms with van der Waals surface area (Å²) in [7, 11) is 0. The highest BCUT2D eigenvalue weighted by molar-refractivity contribution is 7.98. The molecule has 1 aliphatic heterocycles. The standard InChI is InChI=1S/C26H31Cl2NOS/c1-5-14-26(3)16-23(19-8-7-9-21(28)15-19)24(18-10-12-20(27)13-11-18)29(25(26)30)22(6-2)17-31-4/h5,7-13,15,22-24H,1,6,14,16-17H2,2-4H3/t22-,23?,24?,26?/m0/s1. The van der Waals surface area contributed by atoms with Gasteiger partial charge in [-0.15, -0.1) is 6.58 Å². The molecule has 3 unspecified atom stereocenters. The quantitative estimate of drug-likeness (QED) is 0.363. The molecular formula is C26H31Cl2NOS. The summed E-state index contributed by atoms with van der Waals surface area (Å²) in [6, 6.07) is 16.1. The van der Waals surface area contributed by atoms with E-state index in [4.69, 9.17) is 23.2 Å². The van der Waals surface area contributed by atoms with E-state index in [9.17, 15) is 4.79 Å². The fourth-order valence-electron chi connectivity index (χ4n) is 4.88. The Bertz CT molecular complexity index is 916. The molecule has 1 amide bonds. The molecule has 1 aliphatic rings. The second-order valence-electron chi connectivity index (χ2n) is 8.65. The van der Waals surface area contributed by atoms with E-state index in [1.54, 1.807) is 11.8 Å². The number of piperidine rings is 1. The first-order chi connectivity index (χ1) is 14.8. The van der Waals surface area contributed by atoms with E-state index in [0.717, 1.165) is 29.2 Å². The zero-order chi connectivity index (χ0) is 22.6. The molecule has 0 spiro atoms. The molecule has 0 saturated carbocycles. The van der Waals surface area contributed by atoms with Crippen LogP contribution >= 0.6 is 35.0 Å². The van der Waals surface area contributed by atoms with Crippen LogP contribution in [-0.2, 0) is 4.79 Å². The molecule has 2 aromatic rings. The maximum absolute atomic E-state index is 14.0. The van der Waals surface area contributed by atoms with Gasteiger partial charge in [0, 0.05) is 27.8 Å². The van der Waals surface area contributed by atoms with Crippen LogP contribution in [0.25, 0.3) is 0 Å². The van der Waals surface area contributed by atoms with E-state index < -0.39 is 5.41 Å². The van der Waals surface area contributed by atoms with Crippen molar-refractivity contribution in [2.45, 2.75) is 51.1 Å². The number of rotatable bonds is 8. The van der Waals surface area contributed by atoms with Gasteiger partial charge < -0.3 is 4.90 Å². The number of hydrogen-bond donors (Lipinski definition) is 0. The van der Waals surface area contributed by atoms with E-state index in [1.165, 1.54) is 5.56 Å². The molecule has 2 nitrogen and oxygen atoms in total. The molecule has 0 bridgehead atoms. The average Bonchev–Trinajstić information content (AvgIpc) is 2.75. The summed E-state index contributed by atoms with van der Waals surface area (Å²) < 4.78 is 0. The zero-order valence-corrected chi connectivity index (χ0v) is 20.8. The Morgan fingerprint density at radius 3 is 2.48 bits per heavy atom. The van der Waals surface area contributed by atoms with E-state index in [1.807, 2.05) is 36.4 Å². The van der Waals surface area contributed by atoms with E-state index in [-0.39, 0.29) is 23.9 Å². The second-order valence-corrected chi connectivity index (χ2v) is 10.4. The third-order valence-electron chi connectivity index (χ3n) is 6.41. The van der Waals surface area contributed by atoms with Crippen LogP contribution in [0.4, 0.5) is 0 Å². The number of benzene rings is 2. The number of carbonyl (C=O) groups is 1. The number of thioether (sulfide) groups is 1. The minimum absolute atomic E-state index is 0.0711. The van der Waals surface area contributed by atoms with Gasteiger partial charge in [-0.05, 0) is 60.9 Å². The van der Waals surface area contributed by atoms with Crippen molar-refractivity contribution in [1.82, 2.24) is 4.90 Å². The van der Waals surface area contributed by atoms with Gasteiger partial charge in [0.05, 0.1) is 11.5 Å². The number of nitrogens with zero attached hydrogens (tertiary/aromatic N) is 1. The third-order valence-corrected chi connectivity index (χ3v) is 7.61. The SMILES string of the molecule is C=CCC1(C)CC(c2cccc(Cl)c2)C(c2ccc(Cl)cc2)N([C@@H](CC)CSC)C1=O. The first-order valence-electron chi connectivity index (χ1n) is 10.8. The largest absolute Gasteiger partial charge is 0.331 e. The van der Waals surface area contributed by atoms with Gasteiger partial charge >= 0.3 is 0 Å². The summed E-state index contributed by atoms with van der Waals surface area (Å²) >= 11 is 14.4. The Balaban J connectivity index is 2.21. The first-order valence-corrected chi connectivity index (χ1v) is 12.9. The van der Waals surface area contributed by atoms with Gasteiger partial charge in [-0.2, -0.15) is 11.8 Å². The lowest BCUT2D eigenvalue weighted by Gasteiger charge is -2.52. The van der Waals surface area contributed by atoms with Gasteiger partial charge in [-0.3, -0.25) is 4.79 Å². The smallest absolute Gasteiger partial charge is 0.229 e. The van der Waals surface area contributed by atoms with Gasteiger partial charge in [-0.25, -0.2) is 0 Å². The highest BCUT2D eigenvalue weighted by Crippen LogP contribution is 2.52. The normalized spacial score (nSPS) is 24.8. The number of likely N-dealkylation sites (tertiary alicyclic amines) is 1. The molecule has 0 N–H and O–H groups in total. The first kappa shape index (κ1) is 24.2. The predicted octanol–water partition coefficient (Wildman–Crippen LogP) is 7.77. The Morgan fingerprint density at radius 2 is 1.90 bits per heavy atom. The van der Waals surface area contributed by atoms with Crippen molar-refractivity contribution < 1.29 is 4.79 Å². The van der Waals surface area contributed by atoms with Gasteiger partial charge in [-0.1, -0.05) is 67.4 Å². The molecule has 0 aliphatic carbocycles. The van der Waals surface area contributed by atoms with Crippen molar-refractivity contribution in [2.24, 2.45) is 5.41 Å². The van der Waals surface area contributed by atoms with Crippen LogP contribution in [0.2, 0.25) is 10.0 Å². The number of allylic oxidation sites excluding steroid dienone is 1. The maximum Gasteiger partial charge on any atom is 0.229 e. The molecule has 5 heteroatoms. The van der Waals surface area contributed by atoms with Crippen molar-refractivity contribution >= 4 is 40.9 Å². The number of hydrogen-bond acceptors (Lipinski definition) is 2. The summed E-state index contributed by atoms with van der Waals surface area (Å²) in [4.78, 5) is 16.2. The average molecular weight is 477 g/mol. The molecule has 166 valence electrons. The topological polar surface area (TPSA) is 20.3 Å². The molecular weight excluding hydrogens is 445 g/mol. The molecule has 3 rings (SSSR count). The van der Waals surface area contributed by atoms with Gasteiger partial charge in [0.15, 0.2) is 0 Å². The number of halogens is 2. The van der Waals surface area contributed by atoms with Crippen LogP contribution in [-0.4, -0.2) is 28.9 Å². The minimum Gasteiger partial charge on any atom is -0.331 e. The lowest BCUT2D eigenvalue weighted by Crippen LogP contribution is -2.56. The molecule has 1 fully saturated rings. The number of amides is 1. The maximum atomic E-state index is 14.0. The molecule has 0 radical (unpaired) electrons. The summed E-state index contributed by atoms with van der Waals surface area (Å²) in [5.74, 6) is 1.24. The van der Waals surface area contributed by atoms with Crippen molar-refractivity contribution in [3.8, 4) is 0 Å². The molecule has 0 aromatic heterocycles. The second kappa shape index (κ2) is 10.5. The third kappa shape index (κ3) is 5.16.